The SMILES string of the molecule is O=[N+]([O-])c1ccccc1S(=O)(=O)[C@H]1C[C@H]1c1ccccc1. The van der Waals surface area contributed by atoms with Crippen molar-refractivity contribution in [2.45, 2.75) is 22.5 Å². The second-order valence-corrected chi connectivity index (χ2v) is 7.20. The van der Waals surface area contributed by atoms with Crippen LogP contribution in [0.25, 0.3) is 0 Å². The number of nitro benzene ring substituents is 1. The van der Waals surface area contributed by atoms with Crippen molar-refractivity contribution in [3.05, 3.63) is 70.3 Å². The first-order valence-corrected chi connectivity index (χ1v) is 8.08. The van der Waals surface area contributed by atoms with Crippen LogP contribution < -0.4 is 0 Å². The molecule has 0 aliphatic heterocycles. The Morgan fingerprint density at radius 2 is 1.62 bits per heavy atom. The van der Waals surface area contributed by atoms with E-state index in [0.29, 0.717) is 6.42 Å². The lowest BCUT2D eigenvalue weighted by molar-refractivity contribution is -0.387. The molecule has 2 atom stereocenters. The normalized spacial score (nSPS) is 21.0. The van der Waals surface area contributed by atoms with Crippen LogP contribution in [0.5, 0.6) is 0 Å². The second kappa shape index (κ2) is 4.96. The van der Waals surface area contributed by atoms with Crippen LogP contribution in [-0.4, -0.2) is 18.6 Å². The summed E-state index contributed by atoms with van der Waals surface area (Å²) in [6.45, 7) is 0. The number of benzene rings is 2. The first-order chi connectivity index (χ1) is 10.0. The third-order valence-corrected chi connectivity index (χ3v) is 6.00. The highest BCUT2D eigenvalue weighted by molar-refractivity contribution is 7.92. The zero-order valence-electron chi connectivity index (χ0n) is 11.0. The predicted octanol–water partition coefficient (Wildman–Crippen LogP) is 2.92. The lowest BCUT2D eigenvalue weighted by atomic mass is 10.1. The van der Waals surface area contributed by atoms with Gasteiger partial charge in [0.25, 0.3) is 5.69 Å². The Kier molecular flexibility index (Phi) is 3.25. The van der Waals surface area contributed by atoms with Crippen molar-refractivity contribution in [1.82, 2.24) is 0 Å². The summed E-state index contributed by atoms with van der Waals surface area (Å²) in [5, 5.41) is 10.4. The molecule has 0 spiro atoms. The van der Waals surface area contributed by atoms with Gasteiger partial charge in [0.1, 0.15) is 4.90 Å². The zero-order chi connectivity index (χ0) is 15.0. The summed E-state index contributed by atoms with van der Waals surface area (Å²) in [6.07, 6.45) is 0.512. The van der Waals surface area contributed by atoms with Crippen molar-refractivity contribution in [3.8, 4) is 0 Å². The van der Waals surface area contributed by atoms with Crippen LogP contribution in [0.1, 0.15) is 17.9 Å². The zero-order valence-corrected chi connectivity index (χ0v) is 11.9. The van der Waals surface area contributed by atoms with Crippen LogP contribution in [0.2, 0.25) is 0 Å². The molecule has 1 aliphatic rings. The monoisotopic (exact) mass is 303 g/mol. The molecule has 21 heavy (non-hydrogen) atoms. The molecule has 0 N–H and O–H groups in total. The van der Waals surface area contributed by atoms with Gasteiger partial charge in [-0.3, -0.25) is 10.1 Å². The van der Waals surface area contributed by atoms with E-state index in [2.05, 4.69) is 0 Å². The fraction of sp³-hybridized carbons (Fsp3) is 0.200. The molecule has 0 radical (unpaired) electrons. The summed E-state index contributed by atoms with van der Waals surface area (Å²) >= 11 is 0. The third kappa shape index (κ3) is 2.42. The van der Waals surface area contributed by atoms with Crippen molar-refractivity contribution in [2.75, 3.05) is 0 Å². The minimum atomic E-state index is -3.68. The van der Waals surface area contributed by atoms with E-state index in [-0.39, 0.29) is 16.5 Å². The van der Waals surface area contributed by atoms with Gasteiger partial charge in [0, 0.05) is 12.0 Å². The average Bonchev–Trinajstić information content (AvgIpc) is 3.29. The van der Waals surface area contributed by atoms with Crippen molar-refractivity contribution in [2.24, 2.45) is 0 Å². The lowest BCUT2D eigenvalue weighted by Gasteiger charge is -2.05. The van der Waals surface area contributed by atoms with Crippen molar-refractivity contribution in [3.63, 3.8) is 0 Å². The molecule has 1 aliphatic carbocycles. The van der Waals surface area contributed by atoms with Gasteiger partial charge in [-0.15, -0.1) is 0 Å². The van der Waals surface area contributed by atoms with Crippen LogP contribution >= 0.6 is 0 Å². The Hall–Kier alpha value is -2.21. The van der Waals surface area contributed by atoms with Crippen LogP contribution in [-0.2, 0) is 9.84 Å². The van der Waals surface area contributed by atoms with E-state index < -0.39 is 20.0 Å². The summed E-state index contributed by atoms with van der Waals surface area (Å²) in [5.74, 6) is -0.0731. The molecule has 0 bridgehead atoms. The predicted molar refractivity (Wildman–Crippen MR) is 77.9 cm³/mol. The Labute approximate surface area is 122 Å². The summed E-state index contributed by atoms with van der Waals surface area (Å²) in [7, 11) is -3.68. The lowest BCUT2D eigenvalue weighted by Crippen LogP contribution is -2.11. The number of para-hydroxylation sites is 1. The number of rotatable bonds is 4. The van der Waals surface area contributed by atoms with Gasteiger partial charge in [-0.1, -0.05) is 42.5 Å². The molecule has 108 valence electrons. The maximum atomic E-state index is 12.6. The number of hydrogen-bond donors (Lipinski definition) is 0. The van der Waals surface area contributed by atoms with E-state index in [4.69, 9.17) is 0 Å². The molecule has 1 saturated carbocycles. The van der Waals surface area contributed by atoms with E-state index in [1.54, 1.807) is 0 Å². The highest BCUT2D eigenvalue weighted by atomic mass is 32.2. The highest BCUT2D eigenvalue weighted by Crippen LogP contribution is 2.49. The number of sulfone groups is 1. The maximum Gasteiger partial charge on any atom is 0.287 e. The molecule has 1 fully saturated rings. The molecule has 0 saturated heterocycles. The highest BCUT2D eigenvalue weighted by Gasteiger charge is 2.50. The van der Waals surface area contributed by atoms with Gasteiger partial charge >= 0.3 is 0 Å². The number of nitro groups is 1. The number of nitrogens with zero attached hydrogens (tertiary/aromatic N) is 1. The van der Waals surface area contributed by atoms with Gasteiger partial charge in [-0.25, -0.2) is 8.42 Å². The summed E-state index contributed by atoms with van der Waals surface area (Å²) in [4.78, 5) is 10.2. The standard InChI is InChI=1S/C15H13NO4S/c17-16(18)13-8-4-5-9-14(13)21(19,20)15-10-12(15)11-6-2-1-3-7-11/h1-9,12,15H,10H2/t12-,15-/m0/s1. The van der Waals surface area contributed by atoms with Gasteiger partial charge in [-0.2, -0.15) is 0 Å². The fourth-order valence-electron chi connectivity index (χ4n) is 2.58. The van der Waals surface area contributed by atoms with E-state index in [0.717, 1.165) is 5.56 Å². The minimum Gasteiger partial charge on any atom is -0.258 e. The quantitative estimate of drug-likeness (QED) is 0.642. The summed E-state index contributed by atoms with van der Waals surface area (Å²) in [5.41, 5.74) is 0.612. The Morgan fingerprint density at radius 3 is 2.29 bits per heavy atom. The largest absolute Gasteiger partial charge is 0.287 e. The minimum absolute atomic E-state index is 0.0731. The smallest absolute Gasteiger partial charge is 0.258 e. The summed E-state index contributed by atoms with van der Waals surface area (Å²) in [6, 6.07) is 14.9. The first-order valence-electron chi connectivity index (χ1n) is 6.54. The van der Waals surface area contributed by atoms with Gasteiger partial charge in [0.2, 0.25) is 0 Å². The van der Waals surface area contributed by atoms with E-state index >= 15 is 0 Å². The second-order valence-electron chi connectivity index (χ2n) is 5.06. The maximum absolute atomic E-state index is 12.6. The van der Waals surface area contributed by atoms with E-state index in [9.17, 15) is 18.5 Å². The molecule has 6 heteroatoms. The van der Waals surface area contributed by atoms with Gasteiger partial charge in [-0.05, 0) is 18.1 Å². The van der Waals surface area contributed by atoms with Crippen LogP contribution in [0, 0.1) is 10.1 Å². The number of hydrogen-bond acceptors (Lipinski definition) is 4. The van der Waals surface area contributed by atoms with E-state index in [1.807, 2.05) is 30.3 Å². The summed E-state index contributed by atoms with van der Waals surface area (Å²) < 4.78 is 25.2. The Bertz CT molecular complexity index is 786. The average molecular weight is 303 g/mol. The third-order valence-electron chi connectivity index (χ3n) is 3.73. The molecule has 5 nitrogen and oxygen atoms in total. The van der Waals surface area contributed by atoms with Gasteiger partial charge < -0.3 is 0 Å². The van der Waals surface area contributed by atoms with Crippen LogP contribution in [0.3, 0.4) is 0 Å². The molecule has 2 aromatic carbocycles. The molecule has 0 amide bonds. The molecule has 3 rings (SSSR count). The molecule has 0 unspecified atom stereocenters. The molecule has 0 heterocycles. The molecular formula is C15H13NO4S. The van der Waals surface area contributed by atoms with Gasteiger partial charge in [0.15, 0.2) is 9.84 Å². The van der Waals surface area contributed by atoms with Crippen LogP contribution in [0.4, 0.5) is 5.69 Å². The Morgan fingerprint density at radius 1 is 1.00 bits per heavy atom. The first kappa shape index (κ1) is 13.8. The fourth-order valence-corrected chi connectivity index (χ4v) is 4.66. The van der Waals surface area contributed by atoms with Crippen molar-refractivity contribution in [1.29, 1.82) is 0 Å². The van der Waals surface area contributed by atoms with Crippen LogP contribution in [0.15, 0.2) is 59.5 Å². The molecule has 0 aromatic heterocycles. The molecular weight excluding hydrogens is 290 g/mol. The Balaban J connectivity index is 1.95. The van der Waals surface area contributed by atoms with Crippen molar-refractivity contribution >= 4 is 15.5 Å². The van der Waals surface area contributed by atoms with Gasteiger partial charge in [0.05, 0.1) is 10.2 Å². The van der Waals surface area contributed by atoms with E-state index in [1.165, 1.54) is 24.3 Å². The topological polar surface area (TPSA) is 77.3 Å². The van der Waals surface area contributed by atoms with Crippen molar-refractivity contribution < 1.29 is 13.3 Å². The molecule has 2 aromatic rings.